The van der Waals surface area contributed by atoms with Crippen molar-refractivity contribution in [2.45, 2.75) is 25.8 Å². The van der Waals surface area contributed by atoms with E-state index in [1.807, 2.05) is 23.1 Å². The maximum Gasteiger partial charge on any atom is 0.226 e. The van der Waals surface area contributed by atoms with Gasteiger partial charge >= 0.3 is 0 Å². The number of carbonyl (C=O) groups is 1. The molecule has 1 saturated heterocycles. The number of halogens is 1. The molecule has 1 heterocycles. The highest BCUT2D eigenvalue weighted by atomic mass is 35.5. The van der Waals surface area contributed by atoms with E-state index < -0.39 is 0 Å². The van der Waals surface area contributed by atoms with Crippen molar-refractivity contribution in [1.82, 2.24) is 10.2 Å². The molecule has 2 fully saturated rings. The van der Waals surface area contributed by atoms with E-state index in [2.05, 4.69) is 18.3 Å². The Balaban J connectivity index is 1.81. The fraction of sp³-hybridized carbons (Fsp3) is 0.562. The number of hydrogen-bond donors (Lipinski definition) is 1. The molecule has 1 saturated carbocycles. The van der Waals surface area contributed by atoms with Gasteiger partial charge in [-0.15, -0.1) is 0 Å². The largest absolute Gasteiger partial charge is 0.333 e. The van der Waals surface area contributed by atoms with Crippen molar-refractivity contribution in [3.8, 4) is 0 Å². The van der Waals surface area contributed by atoms with Crippen LogP contribution in [0.2, 0.25) is 5.02 Å². The Morgan fingerprint density at radius 3 is 2.95 bits per heavy atom. The van der Waals surface area contributed by atoms with Gasteiger partial charge in [-0.05, 0) is 36.5 Å². The Labute approximate surface area is 125 Å². The first-order valence-corrected chi connectivity index (χ1v) is 7.81. The highest BCUT2D eigenvalue weighted by Crippen LogP contribution is 2.38. The molecule has 0 spiro atoms. The van der Waals surface area contributed by atoms with E-state index in [0.717, 1.165) is 30.2 Å². The lowest BCUT2D eigenvalue weighted by Gasteiger charge is -2.38. The van der Waals surface area contributed by atoms with Crippen molar-refractivity contribution >= 4 is 17.5 Å². The van der Waals surface area contributed by atoms with Gasteiger partial charge in [0.25, 0.3) is 0 Å². The first-order chi connectivity index (χ1) is 9.66. The van der Waals surface area contributed by atoms with E-state index in [4.69, 9.17) is 11.6 Å². The van der Waals surface area contributed by atoms with Gasteiger partial charge in [0.05, 0.1) is 6.04 Å². The SMILES string of the molecule is CC(C(=O)N1CCNCC1c1cccc(Cl)c1)C1CC1. The molecule has 1 aromatic carbocycles. The van der Waals surface area contributed by atoms with Gasteiger partial charge in [0.1, 0.15) is 0 Å². The van der Waals surface area contributed by atoms with Crippen molar-refractivity contribution in [3.05, 3.63) is 34.9 Å². The van der Waals surface area contributed by atoms with Crippen LogP contribution in [0, 0.1) is 11.8 Å². The van der Waals surface area contributed by atoms with Crippen LogP contribution in [0.25, 0.3) is 0 Å². The number of carbonyl (C=O) groups excluding carboxylic acids is 1. The molecule has 3 nitrogen and oxygen atoms in total. The number of piperazine rings is 1. The normalized spacial score (nSPS) is 24.5. The third kappa shape index (κ3) is 2.84. The minimum Gasteiger partial charge on any atom is -0.333 e. The molecular formula is C16H21ClN2O. The zero-order valence-electron chi connectivity index (χ0n) is 11.8. The summed E-state index contributed by atoms with van der Waals surface area (Å²) in [6, 6.07) is 7.98. The highest BCUT2D eigenvalue weighted by molar-refractivity contribution is 6.30. The second kappa shape index (κ2) is 5.74. The van der Waals surface area contributed by atoms with E-state index in [1.165, 1.54) is 12.8 Å². The van der Waals surface area contributed by atoms with Gasteiger partial charge in [-0.2, -0.15) is 0 Å². The molecule has 3 rings (SSSR count). The summed E-state index contributed by atoms with van der Waals surface area (Å²) in [6.07, 6.45) is 2.42. The number of rotatable bonds is 3. The molecule has 1 aliphatic heterocycles. The summed E-state index contributed by atoms with van der Waals surface area (Å²) in [5.74, 6) is 1.08. The molecule has 4 heteroatoms. The number of benzene rings is 1. The molecule has 0 radical (unpaired) electrons. The topological polar surface area (TPSA) is 32.3 Å². The summed E-state index contributed by atoms with van der Waals surface area (Å²) >= 11 is 6.09. The van der Waals surface area contributed by atoms with Gasteiger partial charge in [-0.1, -0.05) is 30.7 Å². The van der Waals surface area contributed by atoms with Crippen LogP contribution in [-0.4, -0.2) is 30.4 Å². The zero-order chi connectivity index (χ0) is 14.1. The highest BCUT2D eigenvalue weighted by Gasteiger charge is 2.37. The van der Waals surface area contributed by atoms with Gasteiger partial charge < -0.3 is 10.2 Å². The molecule has 1 N–H and O–H groups in total. The third-order valence-corrected chi connectivity index (χ3v) is 4.71. The smallest absolute Gasteiger partial charge is 0.226 e. The summed E-state index contributed by atoms with van der Waals surface area (Å²) < 4.78 is 0. The maximum atomic E-state index is 12.7. The summed E-state index contributed by atoms with van der Waals surface area (Å²) in [5, 5.41) is 4.12. The van der Waals surface area contributed by atoms with Crippen LogP contribution in [0.5, 0.6) is 0 Å². The van der Waals surface area contributed by atoms with Gasteiger partial charge in [0, 0.05) is 30.6 Å². The van der Waals surface area contributed by atoms with Crippen LogP contribution in [0.4, 0.5) is 0 Å². The maximum absolute atomic E-state index is 12.7. The van der Waals surface area contributed by atoms with Crippen LogP contribution in [0.15, 0.2) is 24.3 Å². The lowest BCUT2D eigenvalue weighted by atomic mass is 9.99. The molecule has 1 aromatic rings. The van der Waals surface area contributed by atoms with E-state index in [-0.39, 0.29) is 12.0 Å². The Morgan fingerprint density at radius 2 is 2.25 bits per heavy atom. The molecule has 1 amide bonds. The quantitative estimate of drug-likeness (QED) is 0.929. The number of hydrogen-bond acceptors (Lipinski definition) is 2. The molecule has 2 unspecified atom stereocenters. The summed E-state index contributed by atoms with van der Waals surface area (Å²) in [4.78, 5) is 14.8. The Hall–Kier alpha value is -1.06. The predicted molar refractivity (Wildman–Crippen MR) is 80.7 cm³/mol. The minimum absolute atomic E-state index is 0.108. The molecule has 20 heavy (non-hydrogen) atoms. The second-order valence-corrected chi connectivity index (χ2v) is 6.37. The molecule has 0 aromatic heterocycles. The Bertz CT molecular complexity index is 501. The van der Waals surface area contributed by atoms with Crippen molar-refractivity contribution in [3.63, 3.8) is 0 Å². The van der Waals surface area contributed by atoms with Crippen molar-refractivity contribution in [1.29, 1.82) is 0 Å². The average Bonchev–Trinajstić information content (AvgIpc) is 3.30. The Kier molecular flexibility index (Phi) is 3.99. The minimum atomic E-state index is 0.108. The van der Waals surface area contributed by atoms with Gasteiger partial charge in [0.15, 0.2) is 0 Å². The molecule has 108 valence electrons. The molecule has 2 atom stereocenters. The zero-order valence-corrected chi connectivity index (χ0v) is 12.6. The predicted octanol–water partition coefficient (Wildman–Crippen LogP) is 2.86. The summed E-state index contributed by atoms with van der Waals surface area (Å²) in [6.45, 7) is 4.55. The number of amides is 1. The van der Waals surface area contributed by atoms with Gasteiger partial charge in [-0.3, -0.25) is 4.79 Å². The fourth-order valence-electron chi connectivity index (χ4n) is 3.04. The van der Waals surface area contributed by atoms with Crippen LogP contribution in [-0.2, 0) is 4.79 Å². The third-order valence-electron chi connectivity index (χ3n) is 4.48. The lowest BCUT2D eigenvalue weighted by molar-refractivity contribution is -0.139. The fourth-order valence-corrected chi connectivity index (χ4v) is 3.24. The molecule has 1 aliphatic carbocycles. The first kappa shape index (κ1) is 13.9. The van der Waals surface area contributed by atoms with E-state index in [0.29, 0.717) is 11.8 Å². The van der Waals surface area contributed by atoms with Crippen LogP contribution < -0.4 is 5.32 Å². The second-order valence-electron chi connectivity index (χ2n) is 5.93. The van der Waals surface area contributed by atoms with Gasteiger partial charge in [-0.25, -0.2) is 0 Å². The van der Waals surface area contributed by atoms with E-state index in [9.17, 15) is 4.79 Å². The van der Waals surface area contributed by atoms with Crippen molar-refractivity contribution in [2.24, 2.45) is 11.8 Å². The van der Waals surface area contributed by atoms with E-state index in [1.54, 1.807) is 0 Å². The standard InChI is InChI=1S/C16H21ClN2O/c1-11(12-5-6-12)16(20)19-8-7-18-10-15(19)13-3-2-4-14(17)9-13/h2-4,9,11-12,15,18H,5-8,10H2,1H3. The van der Waals surface area contributed by atoms with Crippen LogP contribution in [0.1, 0.15) is 31.4 Å². The molecular weight excluding hydrogens is 272 g/mol. The number of nitrogens with zero attached hydrogens (tertiary/aromatic N) is 1. The monoisotopic (exact) mass is 292 g/mol. The van der Waals surface area contributed by atoms with Crippen molar-refractivity contribution in [2.75, 3.05) is 19.6 Å². The summed E-state index contributed by atoms with van der Waals surface area (Å²) in [7, 11) is 0. The average molecular weight is 293 g/mol. The first-order valence-electron chi connectivity index (χ1n) is 7.43. The van der Waals surface area contributed by atoms with Crippen LogP contribution in [0.3, 0.4) is 0 Å². The van der Waals surface area contributed by atoms with E-state index >= 15 is 0 Å². The lowest BCUT2D eigenvalue weighted by Crippen LogP contribution is -2.50. The van der Waals surface area contributed by atoms with Crippen LogP contribution >= 0.6 is 11.6 Å². The number of nitrogens with one attached hydrogen (secondary N) is 1. The van der Waals surface area contributed by atoms with Gasteiger partial charge in [0.2, 0.25) is 5.91 Å². The molecule has 2 aliphatic rings. The molecule has 0 bridgehead atoms. The summed E-state index contributed by atoms with van der Waals surface area (Å²) in [5.41, 5.74) is 1.13. The Morgan fingerprint density at radius 1 is 1.45 bits per heavy atom. The van der Waals surface area contributed by atoms with Crippen molar-refractivity contribution < 1.29 is 4.79 Å².